The lowest BCUT2D eigenvalue weighted by molar-refractivity contribution is -0.806. The van der Waals surface area contributed by atoms with Gasteiger partial charge in [-0.25, -0.2) is 9.59 Å². The Hall–Kier alpha value is -3.56. The average Bonchev–Trinajstić information content (AvgIpc) is 2.98. The molecule has 0 aromatic heterocycles. The quantitative estimate of drug-likeness (QED) is 0.156. The van der Waals surface area contributed by atoms with Crippen molar-refractivity contribution in [3.8, 4) is 0 Å². The van der Waals surface area contributed by atoms with Crippen LogP contribution in [-0.2, 0) is 41.8 Å². The number of ether oxygens (including phenoxy) is 3. The molecule has 0 aliphatic carbocycles. The molecule has 3 atom stereocenters. The SMILES string of the molecule is CCCCC[C@@H](CC(=O)OCc1ccccc1)C(=O)[N@@+]1(C(=O)OC(C)(C)C)CCNCC1C(=O)OCc1ccccc1. The Labute approximate surface area is 249 Å². The zero-order chi connectivity index (χ0) is 30.6. The Morgan fingerprint density at radius 3 is 2.07 bits per heavy atom. The topological polar surface area (TPSA) is 108 Å². The second-order valence-electron chi connectivity index (χ2n) is 11.8. The fraction of sp³-hybridized carbons (Fsp3) is 0.515. The number of piperazine rings is 1. The molecule has 228 valence electrons. The molecule has 2 aromatic carbocycles. The first-order valence-electron chi connectivity index (χ1n) is 14.8. The van der Waals surface area contributed by atoms with Crippen LogP contribution < -0.4 is 5.32 Å². The summed E-state index contributed by atoms with van der Waals surface area (Å²) in [6.07, 6.45) is 1.85. The van der Waals surface area contributed by atoms with Gasteiger partial charge in [0.2, 0.25) is 6.04 Å². The number of unbranched alkanes of at least 4 members (excludes halogenated alkanes) is 2. The van der Waals surface area contributed by atoms with Gasteiger partial charge in [-0.15, -0.1) is 4.48 Å². The third-order valence-electron chi connectivity index (χ3n) is 7.28. The summed E-state index contributed by atoms with van der Waals surface area (Å²) in [5.41, 5.74) is 0.716. The van der Waals surface area contributed by atoms with Crippen molar-refractivity contribution >= 4 is 23.9 Å². The van der Waals surface area contributed by atoms with Crippen LogP contribution in [0.25, 0.3) is 0 Å². The number of nitrogens with one attached hydrogen (secondary N) is 1. The Morgan fingerprint density at radius 1 is 0.905 bits per heavy atom. The first-order chi connectivity index (χ1) is 20.1. The van der Waals surface area contributed by atoms with Crippen molar-refractivity contribution in [1.82, 2.24) is 5.32 Å². The highest BCUT2D eigenvalue weighted by Crippen LogP contribution is 2.30. The first kappa shape index (κ1) is 32.9. The maximum Gasteiger partial charge on any atom is 0.524 e. The van der Waals surface area contributed by atoms with Crippen LogP contribution in [0.2, 0.25) is 0 Å². The van der Waals surface area contributed by atoms with Crippen LogP contribution in [0.15, 0.2) is 60.7 Å². The standard InChI is InChI=1S/C33H45N2O7/c1-5-6-9-18-27(21-29(36)40-23-25-14-10-7-11-15-25)30(37)35(32(39)42-33(2,3)4)20-19-34-22-28(35)31(38)41-24-26-16-12-8-13-17-26/h7-8,10-17,27-28,34H,5-6,9,18-24H2,1-4H3/q+1/t27-,28?,35+/m0/s1. The van der Waals surface area contributed by atoms with E-state index >= 15 is 0 Å². The van der Waals surface area contributed by atoms with Gasteiger partial charge in [0.05, 0.1) is 18.9 Å². The van der Waals surface area contributed by atoms with E-state index in [9.17, 15) is 19.2 Å². The normalized spacial score (nSPS) is 19.4. The van der Waals surface area contributed by atoms with Gasteiger partial charge >= 0.3 is 23.9 Å². The monoisotopic (exact) mass is 581 g/mol. The molecular weight excluding hydrogens is 536 g/mol. The molecule has 0 radical (unpaired) electrons. The summed E-state index contributed by atoms with van der Waals surface area (Å²) >= 11 is 0. The molecule has 3 rings (SSSR count). The van der Waals surface area contributed by atoms with Gasteiger partial charge in [0.1, 0.15) is 25.4 Å². The summed E-state index contributed by atoms with van der Waals surface area (Å²) in [5.74, 6) is -2.56. The summed E-state index contributed by atoms with van der Waals surface area (Å²) in [6.45, 7) is 7.66. The molecule has 1 N–H and O–H groups in total. The van der Waals surface area contributed by atoms with Crippen LogP contribution in [-0.4, -0.2) is 59.7 Å². The van der Waals surface area contributed by atoms with E-state index in [0.717, 1.165) is 24.0 Å². The zero-order valence-electron chi connectivity index (χ0n) is 25.3. The minimum Gasteiger partial charge on any atom is -0.461 e. The van der Waals surface area contributed by atoms with Gasteiger partial charge < -0.3 is 19.5 Å². The van der Waals surface area contributed by atoms with E-state index in [2.05, 4.69) is 12.2 Å². The van der Waals surface area contributed by atoms with Gasteiger partial charge in [-0.2, -0.15) is 4.79 Å². The van der Waals surface area contributed by atoms with Crippen LogP contribution in [0.3, 0.4) is 0 Å². The number of rotatable bonds is 12. The van der Waals surface area contributed by atoms with Crippen LogP contribution in [0.4, 0.5) is 4.79 Å². The van der Waals surface area contributed by atoms with Crippen molar-refractivity contribution in [3.05, 3.63) is 71.8 Å². The van der Waals surface area contributed by atoms with Crippen LogP contribution in [0, 0.1) is 5.92 Å². The smallest absolute Gasteiger partial charge is 0.461 e. The summed E-state index contributed by atoms with van der Waals surface area (Å²) in [6, 6.07) is 17.3. The highest BCUT2D eigenvalue weighted by molar-refractivity contribution is 5.90. The zero-order valence-corrected chi connectivity index (χ0v) is 25.3. The number of hydrogen-bond donors (Lipinski definition) is 1. The fourth-order valence-corrected chi connectivity index (χ4v) is 5.09. The summed E-state index contributed by atoms with van der Waals surface area (Å²) < 4.78 is 16.1. The van der Waals surface area contributed by atoms with Crippen LogP contribution in [0.1, 0.15) is 70.9 Å². The maximum atomic E-state index is 14.6. The minimum absolute atomic E-state index is 0.00217. The van der Waals surface area contributed by atoms with Gasteiger partial charge in [0.15, 0.2) is 0 Å². The van der Waals surface area contributed by atoms with E-state index in [0.29, 0.717) is 19.4 Å². The van der Waals surface area contributed by atoms with Crippen molar-refractivity contribution in [3.63, 3.8) is 0 Å². The number of quaternary nitrogens is 1. The highest BCUT2D eigenvalue weighted by atomic mass is 16.6. The molecule has 1 unspecified atom stereocenters. The summed E-state index contributed by atoms with van der Waals surface area (Å²) in [7, 11) is 0. The van der Waals surface area contributed by atoms with E-state index in [-0.39, 0.29) is 32.7 Å². The molecule has 9 nitrogen and oxygen atoms in total. The lowest BCUT2D eigenvalue weighted by Crippen LogP contribution is -2.74. The van der Waals surface area contributed by atoms with E-state index < -0.39 is 46.0 Å². The average molecular weight is 582 g/mol. The number of hydrogen-bond acceptors (Lipinski definition) is 8. The first-order valence-corrected chi connectivity index (χ1v) is 14.8. The molecule has 0 saturated carbocycles. The van der Waals surface area contributed by atoms with E-state index in [1.165, 1.54) is 0 Å². The number of esters is 2. The fourth-order valence-electron chi connectivity index (χ4n) is 5.09. The molecular formula is C33H45N2O7+. The molecule has 2 amide bonds. The number of amides is 2. The molecule has 1 aliphatic heterocycles. The molecule has 2 aromatic rings. The summed E-state index contributed by atoms with van der Waals surface area (Å²) in [5, 5.41) is 3.14. The Morgan fingerprint density at radius 2 is 1.50 bits per heavy atom. The number of carbonyl (C=O) groups excluding carboxylic acids is 4. The van der Waals surface area contributed by atoms with Crippen molar-refractivity contribution in [2.75, 3.05) is 19.6 Å². The second kappa shape index (κ2) is 15.6. The van der Waals surface area contributed by atoms with Crippen LogP contribution >= 0.6 is 0 Å². The molecule has 1 saturated heterocycles. The van der Waals surface area contributed by atoms with E-state index in [1.54, 1.807) is 20.8 Å². The number of carbonyl (C=O) groups is 4. The lowest BCUT2D eigenvalue weighted by atomic mass is 9.93. The predicted octanol–water partition coefficient (Wildman–Crippen LogP) is 5.31. The summed E-state index contributed by atoms with van der Waals surface area (Å²) in [4.78, 5) is 55.2. The Kier molecular flexibility index (Phi) is 12.2. The number of benzene rings is 2. The number of imide groups is 1. The Balaban J connectivity index is 1.91. The molecule has 0 spiro atoms. The second-order valence-corrected chi connectivity index (χ2v) is 11.8. The van der Waals surface area contributed by atoms with Crippen LogP contribution in [0.5, 0.6) is 0 Å². The molecule has 1 heterocycles. The van der Waals surface area contributed by atoms with Gasteiger partial charge in [0, 0.05) is 6.54 Å². The number of nitrogens with zero attached hydrogens (tertiary/aromatic N) is 1. The van der Waals surface area contributed by atoms with Crippen molar-refractivity contribution in [2.24, 2.45) is 5.92 Å². The molecule has 1 fully saturated rings. The molecule has 1 aliphatic rings. The Bertz CT molecular complexity index is 1180. The van der Waals surface area contributed by atoms with Gasteiger partial charge in [-0.05, 0) is 38.3 Å². The van der Waals surface area contributed by atoms with E-state index in [4.69, 9.17) is 14.2 Å². The minimum atomic E-state index is -1.17. The van der Waals surface area contributed by atoms with Gasteiger partial charge in [0.25, 0.3) is 0 Å². The lowest BCUT2D eigenvalue weighted by Gasteiger charge is -2.42. The molecule has 42 heavy (non-hydrogen) atoms. The van der Waals surface area contributed by atoms with Crippen molar-refractivity contribution in [1.29, 1.82) is 0 Å². The van der Waals surface area contributed by atoms with Crippen molar-refractivity contribution in [2.45, 2.75) is 84.7 Å². The molecule has 0 bridgehead atoms. The van der Waals surface area contributed by atoms with Gasteiger partial charge in [-0.1, -0.05) is 86.8 Å². The van der Waals surface area contributed by atoms with E-state index in [1.807, 2.05) is 60.7 Å². The predicted molar refractivity (Wildman–Crippen MR) is 158 cm³/mol. The highest BCUT2D eigenvalue weighted by Gasteiger charge is 2.60. The third kappa shape index (κ3) is 9.22. The van der Waals surface area contributed by atoms with Crippen molar-refractivity contribution < 1.29 is 37.9 Å². The third-order valence-corrected chi connectivity index (χ3v) is 7.28. The maximum absolute atomic E-state index is 14.6. The molecule has 9 heteroatoms. The largest absolute Gasteiger partial charge is 0.524 e. The van der Waals surface area contributed by atoms with Gasteiger partial charge in [-0.3, -0.25) is 4.79 Å².